The van der Waals surface area contributed by atoms with Crippen molar-refractivity contribution >= 4 is 24.9 Å². The topological polar surface area (TPSA) is 35.8 Å². The van der Waals surface area contributed by atoms with E-state index in [2.05, 4.69) is 18.9 Å². The first-order valence-electron chi connectivity index (χ1n) is 5.65. The monoisotopic (exact) mass is 270 g/mol. The van der Waals surface area contributed by atoms with Gasteiger partial charge in [0, 0.05) is 19.6 Å². The number of hydrazone groups is 1. The van der Waals surface area contributed by atoms with Crippen molar-refractivity contribution in [1.82, 2.24) is 4.78 Å². The van der Waals surface area contributed by atoms with Gasteiger partial charge in [-0.1, -0.05) is 25.7 Å². The van der Waals surface area contributed by atoms with E-state index in [0.29, 0.717) is 5.66 Å². The predicted octanol–water partition coefficient (Wildman–Crippen LogP) is 3.05. The van der Waals surface area contributed by atoms with E-state index < -0.39 is 6.85 Å². The van der Waals surface area contributed by atoms with Crippen LogP contribution in [0.3, 0.4) is 0 Å². The Morgan fingerprint density at radius 3 is 2.59 bits per heavy atom. The van der Waals surface area contributed by atoms with Gasteiger partial charge in [-0.25, -0.2) is 0 Å². The molecule has 0 aliphatic carbocycles. The lowest BCUT2D eigenvalue weighted by atomic mass is 10.2. The second-order valence-electron chi connectivity index (χ2n) is 4.01. The summed E-state index contributed by atoms with van der Waals surface area (Å²) < 4.78 is 1.90. The Balaban J connectivity index is 2.64. The van der Waals surface area contributed by atoms with E-state index in [1.807, 2.05) is 24.0 Å². The van der Waals surface area contributed by atoms with Crippen LogP contribution in [0.2, 0.25) is 0 Å². The minimum Gasteiger partial charge on any atom is -0.508 e. The average molecular weight is 270 g/mol. The third kappa shape index (κ3) is 4.49. The Bertz CT molecular complexity index is 405. The first kappa shape index (κ1) is 14.2. The maximum atomic E-state index is 9.16. The van der Waals surface area contributed by atoms with Crippen molar-refractivity contribution in [2.75, 3.05) is 7.05 Å². The molecule has 0 saturated carbocycles. The molecule has 5 heteroatoms. The minimum absolute atomic E-state index is 0.267. The number of phenolic OH excluding ortho intramolecular Hbond substituents is 1. The maximum absolute atomic E-state index is 9.16. The fourth-order valence-corrected chi connectivity index (χ4v) is 3.06. The number of nitrogens with zero attached hydrogens (tertiary/aromatic N) is 2. The molecule has 0 radical (unpaired) electrons. The second kappa shape index (κ2) is 6.77. The van der Waals surface area contributed by atoms with E-state index in [-0.39, 0.29) is 5.75 Å². The van der Waals surface area contributed by atoms with E-state index in [1.165, 1.54) is 0 Å². The van der Waals surface area contributed by atoms with Gasteiger partial charge in [0.05, 0.1) is 6.21 Å². The van der Waals surface area contributed by atoms with Crippen molar-refractivity contribution in [3.63, 3.8) is 0 Å². The maximum Gasteiger partial charge on any atom is 0.115 e. The van der Waals surface area contributed by atoms with Crippen LogP contribution >= 0.6 is 6.85 Å². The zero-order valence-corrected chi connectivity index (χ0v) is 12.2. The molecule has 0 bridgehead atoms. The SMILES string of the molecule is CCC(C)[PH](=S)N(C)N=Cc1ccc(O)cc1. The standard InChI is InChI=1S/C12H19N2OPS/c1-4-10(2)16(17)14(3)13-9-11-5-7-12(15)8-6-11/h5-10,15-16H,4H2,1-3H3. The average Bonchev–Trinajstić information content (AvgIpc) is 2.35. The van der Waals surface area contributed by atoms with Crippen LogP contribution in [0.25, 0.3) is 0 Å². The lowest BCUT2D eigenvalue weighted by molar-refractivity contribution is 0.475. The molecule has 2 atom stereocenters. The van der Waals surface area contributed by atoms with Crippen LogP contribution in [0.5, 0.6) is 5.75 Å². The lowest BCUT2D eigenvalue weighted by Crippen LogP contribution is -2.07. The highest BCUT2D eigenvalue weighted by Gasteiger charge is 2.07. The summed E-state index contributed by atoms with van der Waals surface area (Å²) in [6, 6.07) is 6.95. The van der Waals surface area contributed by atoms with Gasteiger partial charge in [0.25, 0.3) is 0 Å². The molecule has 1 rings (SSSR count). The highest BCUT2D eigenvalue weighted by molar-refractivity contribution is 8.04. The summed E-state index contributed by atoms with van der Waals surface area (Å²) in [6.07, 6.45) is 2.87. The van der Waals surface area contributed by atoms with Crippen LogP contribution in [0.4, 0.5) is 0 Å². The van der Waals surface area contributed by atoms with Crippen LogP contribution in [0.15, 0.2) is 29.4 Å². The van der Waals surface area contributed by atoms with E-state index in [0.717, 1.165) is 12.0 Å². The summed E-state index contributed by atoms with van der Waals surface area (Å²) in [5.41, 5.74) is 1.50. The summed E-state index contributed by atoms with van der Waals surface area (Å²) >= 11 is 5.49. The molecule has 1 N–H and O–H groups in total. The molecule has 2 unspecified atom stereocenters. The normalized spacial score (nSPS) is 14.8. The smallest absolute Gasteiger partial charge is 0.115 e. The molecule has 0 spiro atoms. The molecule has 1 aromatic carbocycles. The molecule has 17 heavy (non-hydrogen) atoms. The number of phenols is 1. The zero-order valence-electron chi connectivity index (χ0n) is 10.4. The highest BCUT2D eigenvalue weighted by Crippen LogP contribution is 2.33. The molecule has 0 amide bonds. The van der Waals surface area contributed by atoms with Gasteiger partial charge in [-0.15, -0.1) is 0 Å². The molecular formula is C12H19N2OPS. The Morgan fingerprint density at radius 2 is 2.06 bits per heavy atom. The van der Waals surface area contributed by atoms with Crippen LogP contribution < -0.4 is 0 Å². The number of aromatic hydroxyl groups is 1. The van der Waals surface area contributed by atoms with Crippen LogP contribution in [-0.4, -0.2) is 28.8 Å². The molecule has 0 saturated heterocycles. The Hall–Kier alpha value is -0.860. The molecule has 1 aromatic rings. The molecule has 0 aliphatic heterocycles. The van der Waals surface area contributed by atoms with Gasteiger partial charge >= 0.3 is 0 Å². The van der Waals surface area contributed by atoms with Gasteiger partial charge in [-0.3, -0.25) is 4.78 Å². The van der Waals surface area contributed by atoms with Crippen LogP contribution in [0, 0.1) is 0 Å². The Morgan fingerprint density at radius 1 is 1.47 bits per heavy atom. The molecule has 3 nitrogen and oxygen atoms in total. The number of hydrogen-bond acceptors (Lipinski definition) is 3. The van der Waals surface area contributed by atoms with Crippen molar-refractivity contribution in [3.8, 4) is 5.75 Å². The van der Waals surface area contributed by atoms with E-state index in [4.69, 9.17) is 16.9 Å². The fourth-order valence-electron chi connectivity index (χ4n) is 1.26. The largest absolute Gasteiger partial charge is 0.508 e. The first-order valence-corrected chi connectivity index (χ1v) is 8.31. The number of hydrogen-bond donors (Lipinski definition) is 1. The highest BCUT2D eigenvalue weighted by atomic mass is 32.4. The van der Waals surface area contributed by atoms with Crippen molar-refractivity contribution in [2.45, 2.75) is 25.9 Å². The van der Waals surface area contributed by atoms with E-state index in [1.54, 1.807) is 18.3 Å². The summed E-state index contributed by atoms with van der Waals surface area (Å²) in [5, 5.41) is 13.5. The number of benzene rings is 1. The molecule has 0 aliphatic rings. The van der Waals surface area contributed by atoms with Crippen molar-refractivity contribution in [2.24, 2.45) is 5.10 Å². The van der Waals surface area contributed by atoms with E-state index >= 15 is 0 Å². The Kier molecular flexibility index (Phi) is 5.66. The summed E-state index contributed by atoms with van der Waals surface area (Å²) in [4.78, 5) is 0. The summed E-state index contributed by atoms with van der Waals surface area (Å²) in [7, 11) is 1.93. The van der Waals surface area contributed by atoms with Crippen LogP contribution in [0.1, 0.15) is 25.8 Å². The van der Waals surface area contributed by atoms with Gasteiger partial charge in [-0.05, 0) is 36.2 Å². The quantitative estimate of drug-likeness (QED) is 0.507. The third-order valence-corrected chi connectivity index (χ3v) is 6.63. The van der Waals surface area contributed by atoms with Crippen molar-refractivity contribution in [1.29, 1.82) is 0 Å². The van der Waals surface area contributed by atoms with Gasteiger partial charge in [0.2, 0.25) is 0 Å². The summed E-state index contributed by atoms with van der Waals surface area (Å²) in [6.45, 7) is 3.32. The first-order chi connectivity index (χ1) is 8.04. The van der Waals surface area contributed by atoms with Gasteiger partial charge in [0.1, 0.15) is 5.75 Å². The molecule has 0 fully saturated rings. The van der Waals surface area contributed by atoms with Crippen molar-refractivity contribution < 1.29 is 5.11 Å². The summed E-state index contributed by atoms with van der Waals surface area (Å²) in [5.74, 6) is 0.267. The number of rotatable bonds is 5. The zero-order chi connectivity index (χ0) is 12.8. The molecule has 0 heterocycles. The third-order valence-electron chi connectivity index (χ3n) is 2.63. The van der Waals surface area contributed by atoms with Gasteiger partial charge in [-0.2, -0.15) is 5.10 Å². The van der Waals surface area contributed by atoms with E-state index in [9.17, 15) is 0 Å². The molecular weight excluding hydrogens is 251 g/mol. The fraction of sp³-hybridized carbons (Fsp3) is 0.417. The molecule has 94 valence electrons. The van der Waals surface area contributed by atoms with Crippen molar-refractivity contribution in [3.05, 3.63) is 29.8 Å². The Labute approximate surface area is 109 Å². The van der Waals surface area contributed by atoms with Gasteiger partial charge < -0.3 is 5.11 Å². The minimum atomic E-state index is -1.00. The van der Waals surface area contributed by atoms with Gasteiger partial charge in [0.15, 0.2) is 0 Å². The predicted molar refractivity (Wildman–Crippen MR) is 78.9 cm³/mol. The van der Waals surface area contributed by atoms with Crippen LogP contribution in [-0.2, 0) is 11.8 Å². The second-order valence-corrected chi connectivity index (χ2v) is 7.57. The molecule has 0 aromatic heterocycles. The lowest BCUT2D eigenvalue weighted by Gasteiger charge is -2.20.